The number of halogens is 1. The molecule has 0 spiro atoms. The highest BCUT2D eigenvalue weighted by atomic mass is 35.5. The van der Waals surface area contributed by atoms with Gasteiger partial charge in [0.25, 0.3) is 0 Å². The molecule has 0 bridgehead atoms. The lowest BCUT2D eigenvalue weighted by Gasteiger charge is -2.19. The highest BCUT2D eigenvalue weighted by molar-refractivity contribution is 6.33. The van der Waals surface area contributed by atoms with Crippen molar-refractivity contribution in [3.05, 3.63) is 88.4 Å². The second-order valence-electron chi connectivity index (χ2n) is 7.97. The first kappa shape index (κ1) is 24.3. The number of hydrogen-bond donors (Lipinski definition) is 3. The standard InChI is InChI=1S/C26H23ClN2O6/c1-34-14-23(24(30)28-15-10-11-22(27)20(12-15)25(31)32)29-26(33)35-13-21-18-8-4-2-6-16(18)17-7-3-5-9-19(17)21/h2-12,21,23H,13-14H2,1H3,(H,28,30)(H,29,33)(H,31,32). The van der Waals surface area contributed by atoms with Crippen molar-refractivity contribution in [2.45, 2.75) is 12.0 Å². The Morgan fingerprint density at radius 1 is 1.00 bits per heavy atom. The molecule has 0 radical (unpaired) electrons. The molecular weight excluding hydrogens is 472 g/mol. The lowest BCUT2D eigenvalue weighted by atomic mass is 9.98. The van der Waals surface area contributed by atoms with Gasteiger partial charge in [-0.3, -0.25) is 4.79 Å². The van der Waals surface area contributed by atoms with E-state index in [0.717, 1.165) is 22.3 Å². The molecule has 3 N–H and O–H groups in total. The summed E-state index contributed by atoms with van der Waals surface area (Å²) in [4.78, 5) is 36.6. The number of carbonyl (C=O) groups excluding carboxylic acids is 2. The Morgan fingerprint density at radius 3 is 2.23 bits per heavy atom. The summed E-state index contributed by atoms with van der Waals surface area (Å²) in [5, 5.41) is 14.3. The van der Waals surface area contributed by atoms with Crippen LogP contribution in [0, 0.1) is 0 Å². The molecule has 0 saturated carbocycles. The number of carboxylic acids is 1. The van der Waals surface area contributed by atoms with Gasteiger partial charge in [-0.05, 0) is 40.5 Å². The van der Waals surface area contributed by atoms with E-state index in [1.807, 2.05) is 48.5 Å². The van der Waals surface area contributed by atoms with Gasteiger partial charge in [0.1, 0.15) is 12.6 Å². The van der Waals surface area contributed by atoms with Crippen molar-refractivity contribution in [3.63, 3.8) is 0 Å². The van der Waals surface area contributed by atoms with Crippen LogP contribution in [0.4, 0.5) is 10.5 Å². The normalized spacial score (nSPS) is 12.9. The van der Waals surface area contributed by atoms with Crippen LogP contribution in [0.15, 0.2) is 66.7 Å². The molecular formula is C26H23ClN2O6. The van der Waals surface area contributed by atoms with Crippen LogP contribution in [0.5, 0.6) is 0 Å². The van der Waals surface area contributed by atoms with Gasteiger partial charge in [-0.1, -0.05) is 60.1 Å². The minimum Gasteiger partial charge on any atom is -0.478 e. The largest absolute Gasteiger partial charge is 0.478 e. The molecule has 1 atom stereocenters. The van der Waals surface area contributed by atoms with Gasteiger partial charge in [0.05, 0.1) is 17.2 Å². The number of anilines is 1. The second-order valence-corrected chi connectivity index (χ2v) is 8.37. The Morgan fingerprint density at radius 2 is 1.63 bits per heavy atom. The third kappa shape index (κ3) is 5.29. The van der Waals surface area contributed by atoms with Crippen molar-refractivity contribution in [2.75, 3.05) is 25.6 Å². The van der Waals surface area contributed by atoms with Gasteiger partial charge in [0.15, 0.2) is 0 Å². The Bertz CT molecular complexity index is 1230. The van der Waals surface area contributed by atoms with Crippen molar-refractivity contribution in [2.24, 2.45) is 0 Å². The number of carbonyl (C=O) groups is 3. The van der Waals surface area contributed by atoms with E-state index in [9.17, 15) is 19.5 Å². The second kappa shape index (κ2) is 10.6. The van der Waals surface area contributed by atoms with Crippen LogP contribution in [-0.4, -0.2) is 49.4 Å². The number of fused-ring (bicyclic) bond motifs is 3. The van der Waals surface area contributed by atoms with E-state index in [-0.39, 0.29) is 35.4 Å². The summed E-state index contributed by atoms with van der Waals surface area (Å²) in [7, 11) is 1.39. The van der Waals surface area contributed by atoms with Crippen molar-refractivity contribution in [1.29, 1.82) is 0 Å². The highest BCUT2D eigenvalue weighted by Gasteiger charge is 2.30. The van der Waals surface area contributed by atoms with Gasteiger partial charge in [-0.25, -0.2) is 9.59 Å². The SMILES string of the molecule is COCC(NC(=O)OCC1c2ccccc2-c2ccccc21)C(=O)Nc1ccc(Cl)c(C(=O)O)c1. The fraction of sp³-hybridized carbons (Fsp3) is 0.192. The van der Waals surface area contributed by atoms with Crippen LogP contribution < -0.4 is 10.6 Å². The Labute approximate surface area is 206 Å². The van der Waals surface area contributed by atoms with Gasteiger partial charge in [-0.15, -0.1) is 0 Å². The molecule has 0 fully saturated rings. The molecule has 180 valence electrons. The van der Waals surface area contributed by atoms with Crippen LogP contribution in [-0.2, 0) is 14.3 Å². The molecule has 3 aromatic rings. The number of aromatic carboxylic acids is 1. The van der Waals surface area contributed by atoms with E-state index in [0.29, 0.717) is 0 Å². The average Bonchev–Trinajstić information content (AvgIpc) is 3.17. The Balaban J connectivity index is 1.41. The summed E-state index contributed by atoms with van der Waals surface area (Å²) >= 11 is 5.87. The van der Waals surface area contributed by atoms with Crippen molar-refractivity contribution in [1.82, 2.24) is 5.32 Å². The maximum Gasteiger partial charge on any atom is 0.407 e. The Kier molecular flexibility index (Phi) is 7.33. The number of hydrogen-bond acceptors (Lipinski definition) is 5. The van der Waals surface area contributed by atoms with Crippen LogP contribution in [0.2, 0.25) is 5.02 Å². The summed E-state index contributed by atoms with van der Waals surface area (Å²) in [5.74, 6) is -1.94. The molecule has 1 aliphatic carbocycles. The van der Waals surface area contributed by atoms with Crippen LogP contribution in [0.1, 0.15) is 27.4 Å². The number of nitrogens with one attached hydrogen (secondary N) is 2. The average molecular weight is 495 g/mol. The third-order valence-corrected chi connectivity index (χ3v) is 6.08. The van der Waals surface area contributed by atoms with E-state index in [1.165, 1.54) is 25.3 Å². The molecule has 1 unspecified atom stereocenters. The quantitative estimate of drug-likeness (QED) is 0.424. The number of rotatable bonds is 8. The number of benzene rings is 3. The number of amides is 2. The predicted octanol–water partition coefficient (Wildman–Crippen LogP) is 4.53. The molecule has 0 aromatic heterocycles. The van der Waals surface area contributed by atoms with Gasteiger partial charge in [0, 0.05) is 18.7 Å². The molecule has 1 aliphatic rings. The summed E-state index contributed by atoms with van der Waals surface area (Å²) in [6.45, 7) is -0.0181. The monoisotopic (exact) mass is 494 g/mol. The van der Waals surface area contributed by atoms with Crippen LogP contribution in [0.25, 0.3) is 11.1 Å². The van der Waals surface area contributed by atoms with E-state index < -0.39 is 24.0 Å². The maximum absolute atomic E-state index is 12.8. The number of methoxy groups -OCH3 is 1. The van der Waals surface area contributed by atoms with Gasteiger partial charge >= 0.3 is 12.1 Å². The van der Waals surface area contributed by atoms with Gasteiger partial charge in [-0.2, -0.15) is 0 Å². The van der Waals surface area contributed by atoms with E-state index >= 15 is 0 Å². The molecule has 9 heteroatoms. The molecule has 3 aromatic carbocycles. The lowest BCUT2D eigenvalue weighted by Crippen LogP contribution is -2.47. The molecule has 35 heavy (non-hydrogen) atoms. The van der Waals surface area contributed by atoms with Crippen molar-refractivity contribution < 1.29 is 29.0 Å². The topological polar surface area (TPSA) is 114 Å². The number of alkyl carbamates (subject to hydrolysis) is 1. The number of ether oxygens (including phenoxy) is 2. The first-order valence-corrected chi connectivity index (χ1v) is 11.2. The summed E-state index contributed by atoms with van der Waals surface area (Å²) in [5.41, 5.74) is 4.42. The minimum atomic E-state index is -1.23. The molecule has 2 amide bonds. The summed E-state index contributed by atoms with van der Waals surface area (Å²) in [6.07, 6.45) is -0.772. The first-order chi connectivity index (χ1) is 16.9. The van der Waals surface area contributed by atoms with Gasteiger partial charge < -0.3 is 25.2 Å². The molecule has 0 aliphatic heterocycles. The maximum atomic E-state index is 12.8. The van der Waals surface area contributed by atoms with Crippen molar-refractivity contribution >= 4 is 35.3 Å². The third-order valence-electron chi connectivity index (χ3n) is 5.75. The fourth-order valence-corrected chi connectivity index (χ4v) is 4.33. The predicted molar refractivity (Wildman–Crippen MR) is 131 cm³/mol. The fourth-order valence-electron chi connectivity index (χ4n) is 4.13. The molecule has 0 heterocycles. The van der Waals surface area contributed by atoms with Gasteiger partial charge in [0.2, 0.25) is 5.91 Å². The zero-order chi connectivity index (χ0) is 24.9. The number of carboxylic acid groups (broad SMARTS) is 1. The molecule has 4 rings (SSSR count). The first-order valence-electron chi connectivity index (χ1n) is 10.8. The Hall–Kier alpha value is -3.88. The molecule has 0 saturated heterocycles. The highest BCUT2D eigenvalue weighted by Crippen LogP contribution is 2.44. The van der Waals surface area contributed by atoms with E-state index in [2.05, 4.69) is 10.6 Å². The van der Waals surface area contributed by atoms with Crippen LogP contribution in [0.3, 0.4) is 0 Å². The van der Waals surface area contributed by atoms with E-state index in [4.69, 9.17) is 21.1 Å². The summed E-state index contributed by atoms with van der Waals surface area (Å²) < 4.78 is 10.6. The smallest absolute Gasteiger partial charge is 0.407 e. The van der Waals surface area contributed by atoms with E-state index in [1.54, 1.807) is 0 Å². The lowest BCUT2D eigenvalue weighted by molar-refractivity contribution is -0.119. The van der Waals surface area contributed by atoms with Crippen molar-refractivity contribution in [3.8, 4) is 11.1 Å². The summed E-state index contributed by atoms with van der Waals surface area (Å²) in [6, 6.07) is 18.9. The zero-order valence-corrected chi connectivity index (χ0v) is 19.5. The molecule has 8 nitrogen and oxygen atoms in total. The zero-order valence-electron chi connectivity index (χ0n) is 18.8. The van der Waals surface area contributed by atoms with Crippen LogP contribution >= 0.6 is 11.6 Å². The minimum absolute atomic E-state index is 0.0423.